The molecule has 0 saturated carbocycles. The summed E-state index contributed by atoms with van der Waals surface area (Å²) in [4.78, 5) is 24.6. The van der Waals surface area contributed by atoms with Gasteiger partial charge in [-0.25, -0.2) is 9.89 Å². The van der Waals surface area contributed by atoms with Crippen molar-refractivity contribution in [2.45, 2.75) is 37.0 Å². The van der Waals surface area contributed by atoms with Crippen LogP contribution in [0.5, 0.6) is 0 Å². The maximum Gasteiger partial charge on any atom is 0.344 e. The number of aliphatic carboxylic acids is 1. The van der Waals surface area contributed by atoms with Crippen LogP contribution in [-0.4, -0.2) is 56.1 Å². The van der Waals surface area contributed by atoms with Gasteiger partial charge >= 0.3 is 11.7 Å². The molecule has 1 aliphatic heterocycles. The molecule has 0 radical (unpaired) electrons. The molecular weight excluding hydrogens is 268 g/mol. The van der Waals surface area contributed by atoms with Crippen LogP contribution in [0, 0.1) is 0 Å². The van der Waals surface area contributed by atoms with Crippen LogP contribution in [0.1, 0.15) is 19.3 Å². The summed E-state index contributed by atoms with van der Waals surface area (Å²) in [5, 5.41) is 15.4. The number of thioether (sulfide) groups is 1. The van der Waals surface area contributed by atoms with Gasteiger partial charge in [0.2, 0.25) is 0 Å². The number of likely N-dealkylation sites (N-methyl/N-ethyl adjacent to an activating group) is 1. The Bertz CT molecular complexity index is 498. The lowest BCUT2D eigenvalue weighted by Crippen LogP contribution is -2.41. The largest absolute Gasteiger partial charge is 0.481 e. The number of nitrogens with zero attached hydrogens (tertiary/aromatic N) is 3. The molecule has 1 aromatic rings. The van der Waals surface area contributed by atoms with Crippen molar-refractivity contribution < 1.29 is 9.90 Å². The number of likely N-dealkylation sites (tertiary alicyclic amines) is 1. The van der Waals surface area contributed by atoms with Crippen LogP contribution < -0.4 is 5.69 Å². The highest BCUT2D eigenvalue weighted by Gasteiger charge is 2.22. The molecule has 0 bridgehead atoms. The van der Waals surface area contributed by atoms with Crippen LogP contribution in [0.2, 0.25) is 0 Å². The Morgan fingerprint density at radius 3 is 3.05 bits per heavy atom. The summed E-state index contributed by atoms with van der Waals surface area (Å²) in [6.07, 6.45) is 3.41. The van der Waals surface area contributed by atoms with E-state index in [0.29, 0.717) is 17.7 Å². The minimum atomic E-state index is -0.915. The van der Waals surface area contributed by atoms with Gasteiger partial charge in [0.25, 0.3) is 0 Å². The molecule has 1 unspecified atom stereocenters. The minimum absolute atomic E-state index is 0.0925. The molecule has 1 atom stereocenters. The zero-order valence-electron chi connectivity index (χ0n) is 10.8. The monoisotopic (exact) mass is 286 g/mol. The van der Waals surface area contributed by atoms with Gasteiger partial charge in [-0.1, -0.05) is 18.2 Å². The van der Waals surface area contributed by atoms with Crippen molar-refractivity contribution in [2.75, 3.05) is 19.3 Å². The summed E-state index contributed by atoms with van der Waals surface area (Å²) in [5.41, 5.74) is -0.271. The van der Waals surface area contributed by atoms with Crippen LogP contribution in [0.15, 0.2) is 9.95 Å². The summed E-state index contributed by atoms with van der Waals surface area (Å²) in [6.45, 7) is 1.60. The topological polar surface area (TPSA) is 91.2 Å². The fourth-order valence-corrected chi connectivity index (χ4v) is 2.96. The van der Waals surface area contributed by atoms with E-state index in [4.69, 9.17) is 5.11 Å². The highest BCUT2D eigenvalue weighted by molar-refractivity contribution is 7.99. The van der Waals surface area contributed by atoms with E-state index in [-0.39, 0.29) is 11.4 Å². The molecule has 1 aliphatic rings. The van der Waals surface area contributed by atoms with Gasteiger partial charge in [0.15, 0.2) is 5.16 Å². The second kappa shape index (κ2) is 6.25. The summed E-state index contributed by atoms with van der Waals surface area (Å²) < 4.78 is 1.54. The number of H-pyrrole nitrogens is 1. The first-order valence-corrected chi connectivity index (χ1v) is 7.26. The third-order valence-corrected chi connectivity index (χ3v) is 4.32. The molecule has 1 saturated heterocycles. The third kappa shape index (κ3) is 3.60. The van der Waals surface area contributed by atoms with Gasteiger partial charge in [-0.3, -0.25) is 9.36 Å². The number of aromatic nitrogens is 3. The lowest BCUT2D eigenvalue weighted by atomic mass is 10.0. The van der Waals surface area contributed by atoms with Gasteiger partial charge in [-0.2, -0.15) is 0 Å². The van der Waals surface area contributed by atoms with E-state index in [1.165, 1.54) is 12.8 Å². The molecular formula is C11H18N4O3S. The van der Waals surface area contributed by atoms with E-state index in [0.717, 1.165) is 24.7 Å². The smallest absolute Gasteiger partial charge is 0.344 e. The zero-order chi connectivity index (χ0) is 13.8. The highest BCUT2D eigenvalue weighted by Crippen LogP contribution is 2.19. The maximum atomic E-state index is 11.7. The fraction of sp³-hybridized carbons (Fsp3) is 0.727. The van der Waals surface area contributed by atoms with Gasteiger partial charge in [-0.05, 0) is 26.4 Å². The van der Waals surface area contributed by atoms with Crippen LogP contribution in [0.3, 0.4) is 0 Å². The van der Waals surface area contributed by atoms with Gasteiger partial charge in [0.05, 0.1) is 5.75 Å². The summed E-state index contributed by atoms with van der Waals surface area (Å²) in [6, 6.07) is 0.313. The summed E-state index contributed by atoms with van der Waals surface area (Å²) in [7, 11) is 2.05. The van der Waals surface area contributed by atoms with E-state index in [1.807, 2.05) is 0 Å². The number of hydrogen-bond acceptors (Lipinski definition) is 5. The Hall–Kier alpha value is -1.28. The lowest BCUT2D eigenvalue weighted by molar-refractivity contribution is -0.133. The first-order chi connectivity index (χ1) is 9.08. The van der Waals surface area contributed by atoms with E-state index in [2.05, 4.69) is 22.1 Å². The Labute approximate surface area is 115 Å². The highest BCUT2D eigenvalue weighted by atomic mass is 32.2. The molecule has 19 heavy (non-hydrogen) atoms. The average molecular weight is 286 g/mol. The normalized spacial score (nSPS) is 20.6. The Kier molecular flexibility index (Phi) is 4.65. The number of hydrogen-bond donors (Lipinski definition) is 2. The number of piperidine rings is 1. The second-order valence-electron chi connectivity index (χ2n) is 4.73. The van der Waals surface area contributed by atoms with E-state index >= 15 is 0 Å². The number of carboxylic acids is 1. The standard InChI is InChI=1S/C11H18N4O3S/c1-14-5-3-2-4-8(14)6-15-10(18)12-13-11(15)19-7-9(16)17/h8H,2-7H2,1H3,(H,12,18)(H,16,17). The SMILES string of the molecule is CN1CCCCC1Cn1c(SCC(=O)O)n[nH]c1=O. The lowest BCUT2D eigenvalue weighted by Gasteiger charge is -2.32. The van der Waals surface area contributed by atoms with Gasteiger partial charge in [0, 0.05) is 12.6 Å². The zero-order valence-corrected chi connectivity index (χ0v) is 11.7. The van der Waals surface area contributed by atoms with E-state index < -0.39 is 5.97 Å². The Morgan fingerprint density at radius 2 is 2.37 bits per heavy atom. The van der Waals surface area contributed by atoms with Crippen molar-refractivity contribution in [2.24, 2.45) is 0 Å². The number of carboxylic acid groups (broad SMARTS) is 1. The Balaban J connectivity index is 2.08. The van der Waals surface area contributed by atoms with Gasteiger partial charge in [0.1, 0.15) is 0 Å². The molecule has 0 amide bonds. The molecule has 1 aromatic heterocycles. The quantitative estimate of drug-likeness (QED) is 0.753. The van der Waals surface area contributed by atoms with Crippen molar-refractivity contribution in [1.29, 1.82) is 0 Å². The van der Waals surface area contributed by atoms with Crippen molar-refractivity contribution >= 4 is 17.7 Å². The molecule has 8 heteroatoms. The molecule has 0 aromatic carbocycles. The predicted molar refractivity (Wildman–Crippen MR) is 71.5 cm³/mol. The van der Waals surface area contributed by atoms with Crippen molar-refractivity contribution in [3.63, 3.8) is 0 Å². The Morgan fingerprint density at radius 1 is 1.58 bits per heavy atom. The fourth-order valence-electron chi connectivity index (χ4n) is 2.29. The van der Waals surface area contributed by atoms with Crippen LogP contribution in [0.4, 0.5) is 0 Å². The number of aromatic amines is 1. The van der Waals surface area contributed by atoms with Gasteiger partial charge < -0.3 is 10.0 Å². The molecule has 7 nitrogen and oxygen atoms in total. The van der Waals surface area contributed by atoms with E-state index in [9.17, 15) is 9.59 Å². The summed E-state index contributed by atoms with van der Waals surface area (Å²) in [5.74, 6) is -1.01. The van der Waals surface area contributed by atoms with Crippen molar-refractivity contribution in [3.05, 3.63) is 10.5 Å². The molecule has 106 valence electrons. The van der Waals surface area contributed by atoms with Crippen LogP contribution in [-0.2, 0) is 11.3 Å². The van der Waals surface area contributed by atoms with E-state index in [1.54, 1.807) is 4.57 Å². The number of nitrogens with one attached hydrogen (secondary N) is 1. The van der Waals surface area contributed by atoms with Crippen molar-refractivity contribution in [3.8, 4) is 0 Å². The van der Waals surface area contributed by atoms with Crippen molar-refractivity contribution in [1.82, 2.24) is 19.7 Å². The number of rotatable bonds is 5. The molecule has 1 fully saturated rings. The first-order valence-electron chi connectivity index (χ1n) is 6.28. The first kappa shape index (κ1) is 14.1. The second-order valence-corrected chi connectivity index (χ2v) is 5.68. The van der Waals surface area contributed by atoms with Gasteiger partial charge in [-0.15, -0.1) is 5.10 Å². The molecule has 2 heterocycles. The maximum absolute atomic E-state index is 11.7. The molecule has 0 aliphatic carbocycles. The number of carbonyl (C=O) groups is 1. The van der Waals surface area contributed by atoms with Crippen LogP contribution >= 0.6 is 11.8 Å². The average Bonchev–Trinajstić information content (AvgIpc) is 2.71. The predicted octanol–water partition coefficient (Wildman–Crippen LogP) is 0.232. The third-order valence-electron chi connectivity index (χ3n) is 3.36. The summed E-state index contributed by atoms with van der Waals surface area (Å²) >= 11 is 1.07. The minimum Gasteiger partial charge on any atom is -0.481 e. The molecule has 2 rings (SSSR count). The molecule has 2 N–H and O–H groups in total. The van der Waals surface area contributed by atoms with Crippen LogP contribution in [0.25, 0.3) is 0 Å². The molecule has 0 spiro atoms.